The molecule has 0 radical (unpaired) electrons. The van der Waals surface area contributed by atoms with Gasteiger partial charge in [-0.3, -0.25) is 14.8 Å². The molecule has 0 bridgehead atoms. The molecule has 80 valence electrons. The number of hydrogen-bond donors (Lipinski definition) is 1. The minimum atomic E-state index is -0.180. The normalized spacial score (nSPS) is 9.81. The zero-order chi connectivity index (χ0) is 11.4. The number of nitrogens with one attached hydrogen (secondary N) is 1. The molecular weight excluding hydrogens is 202 g/mol. The van der Waals surface area contributed by atoms with Crippen molar-refractivity contribution in [2.45, 2.75) is 6.92 Å². The molecule has 0 aromatic carbocycles. The smallest absolute Gasteiger partial charge is 0.257 e. The van der Waals surface area contributed by atoms with Gasteiger partial charge in [0.1, 0.15) is 0 Å². The molecule has 0 aliphatic carbocycles. The van der Waals surface area contributed by atoms with Gasteiger partial charge in [0.05, 0.1) is 17.4 Å². The quantitative estimate of drug-likeness (QED) is 0.830. The Bertz CT molecular complexity index is 497. The molecule has 2 heterocycles. The largest absolute Gasteiger partial charge is 0.321 e. The third-order valence-electron chi connectivity index (χ3n) is 2.06. The fourth-order valence-corrected chi connectivity index (χ4v) is 1.32. The molecule has 0 unspecified atom stereocenters. The third-order valence-corrected chi connectivity index (χ3v) is 2.06. The Labute approximate surface area is 93.4 Å². The van der Waals surface area contributed by atoms with Gasteiger partial charge in [0.2, 0.25) is 0 Å². The van der Waals surface area contributed by atoms with Crippen molar-refractivity contribution in [1.82, 2.24) is 9.97 Å². The molecule has 0 saturated heterocycles. The van der Waals surface area contributed by atoms with Crippen molar-refractivity contribution in [2.75, 3.05) is 5.32 Å². The maximum Gasteiger partial charge on any atom is 0.257 e. The van der Waals surface area contributed by atoms with E-state index in [1.165, 1.54) is 6.20 Å². The maximum absolute atomic E-state index is 11.7. The second-order valence-corrected chi connectivity index (χ2v) is 3.45. The number of aryl methyl sites for hydroxylation is 1. The minimum absolute atomic E-state index is 0.180. The molecule has 2 aromatic rings. The van der Waals surface area contributed by atoms with Crippen LogP contribution in [0.15, 0.2) is 43.0 Å². The van der Waals surface area contributed by atoms with Crippen molar-refractivity contribution in [3.63, 3.8) is 0 Å². The Balaban J connectivity index is 2.14. The fourth-order valence-electron chi connectivity index (χ4n) is 1.32. The summed E-state index contributed by atoms with van der Waals surface area (Å²) in [5, 5.41) is 2.76. The number of carbonyl (C=O) groups excluding carboxylic acids is 1. The van der Waals surface area contributed by atoms with Gasteiger partial charge >= 0.3 is 0 Å². The summed E-state index contributed by atoms with van der Waals surface area (Å²) in [6.45, 7) is 1.92. The molecule has 1 N–H and O–H groups in total. The van der Waals surface area contributed by atoms with Gasteiger partial charge in [-0.15, -0.1) is 0 Å². The molecule has 0 fully saturated rings. The molecule has 2 aromatic heterocycles. The van der Waals surface area contributed by atoms with E-state index in [4.69, 9.17) is 0 Å². The zero-order valence-corrected chi connectivity index (χ0v) is 8.84. The summed E-state index contributed by atoms with van der Waals surface area (Å²) in [5.41, 5.74) is 2.22. The number of carbonyl (C=O) groups is 1. The molecule has 4 nitrogen and oxygen atoms in total. The predicted octanol–water partition coefficient (Wildman–Crippen LogP) is 2.04. The molecule has 16 heavy (non-hydrogen) atoms. The highest BCUT2D eigenvalue weighted by molar-refractivity contribution is 6.03. The third kappa shape index (κ3) is 2.42. The Morgan fingerprint density at radius 2 is 2.12 bits per heavy atom. The number of anilines is 1. The van der Waals surface area contributed by atoms with Gasteiger partial charge in [0.25, 0.3) is 5.91 Å². The molecule has 1 amide bonds. The molecular formula is C12H11N3O. The van der Waals surface area contributed by atoms with Crippen LogP contribution in [0.25, 0.3) is 0 Å². The second-order valence-electron chi connectivity index (χ2n) is 3.45. The first-order valence-electron chi connectivity index (χ1n) is 4.89. The first-order chi connectivity index (χ1) is 7.75. The van der Waals surface area contributed by atoms with Gasteiger partial charge in [-0.2, -0.15) is 0 Å². The van der Waals surface area contributed by atoms with Crippen molar-refractivity contribution >= 4 is 11.6 Å². The van der Waals surface area contributed by atoms with Gasteiger partial charge in [-0.1, -0.05) is 0 Å². The topological polar surface area (TPSA) is 54.9 Å². The van der Waals surface area contributed by atoms with Gasteiger partial charge in [0, 0.05) is 18.6 Å². The molecule has 2 rings (SSSR count). The lowest BCUT2D eigenvalue weighted by Crippen LogP contribution is -2.12. The first-order valence-corrected chi connectivity index (χ1v) is 4.89. The SMILES string of the molecule is Cc1cncc(NC(=O)c2cccnc2)c1. The van der Waals surface area contributed by atoms with Crippen LogP contribution in [-0.2, 0) is 0 Å². The van der Waals surface area contributed by atoms with E-state index in [1.54, 1.807) is 30.7 Å². The van der Waals surface area contributed by atoms with Crippen molar-refractivity contribution in [3.8, 4) is 0 Å². The van der Waals surface area contributed by atoms with Crippen molar-refractivity contribution in [3.05, 3.63) is 54.1 Å². The molecule has 0 aliphatic heterocycles. The van der Waals surface area contributed by atoms with Crippen LogP contribution in [0.5, 0.6) is 0 Å². The highest BCUT2D eigenvalue weighted by atomic mass is 16.1. The van der Waals surface area contributed by atoms with E-state index in [9.17, 15) is 4.79 Å². The number of pyridine rings is 2. The Kier molecular flexibility index (Phi) is 2.91. The summed E-state index contributed by atoms with van der Waals surface area (Å²) in [7, 11) is 0. The van der Waals surface area contributed by atoms with Crippen LogP contribution in [0, 0.1) is 6.92 Å². The van der Waals surface area contributed by atoms with E-state index in [2.05, 4.69) is 15.3 Å². The van der Waals surface area contributed by atoms with Crippen LogP contribution in [0.4, 0.5) is 5.69 Å². The van der Waals surface area contributed by atoms with E-state index in [0.29, 0.717) is 11.3 Å². The number of nitrogens with zero attached hydrogens (tertiary/aromatic N) is 2. The number of aromatic nitrogens is 2. The van der Waals surface area contributed by atoms with Crippen LogP contribution in [0.1, 0.15) is 15.9 Å². The van der Waals surface area contributed by atoms with E-state index in [0.717, 1.165) is 5.56 Å². The average Bonchev–Trinajstić information content (AvgIpc) is 2.30. The summed E-state index contributed by atoms with van der Waals surface area (Å²) in [6.07, 6.45) is 6.50. The highest BCUT2D eigenvalue weighted by Crippen LogP contribution is 2.09. The lowest BCUT2D eigenvalue weighted by atomic mass is 10.2. The van der Waals surface area contributed by atoms with Crippen molar-refractivity contribution in [2.24, 2.45) is 0 Å². The van der Waals surface area contributed by atoms with Crippen molar-refractivity contribution < 1.29 is 4.79 Å². The van der Waals surface area contributed by atoms with E-state index < -0.39 is 0 Å². The Morgan fingerprint density at radius 1 is 1.25 bits per heavy atom. The van der Waals surface area contributed by atoms with E-state index in [1.807, 2.05) is 13.0 Å². The summed E-state index contributed by atoms with van der Waals surface area (Å²) < 4.78 is 0. The molecule has 4 heteroatoms. The van der Waals surface area contributed by atoms with Crippen LogP contribution in [0.2, 0.25) is 0 Å². The van der Waals surface area contributed by atoms with Gasteiger partial charge in [-0.25, -0.2) is 0 Å². The molecule has 0 aliphatic rings. The summed E-state index contributed by atoms with van der Waals surface area (Å²) in [5.74, 6) is -0.180. The van der Waals surface area contributed by atoms with E-state index in [-0.39, 0.29) is 5.91 Å². The summed E-state index contributed by atoms with van der Waals surface area (Å²) in [6, 6.07) is 5.30. The molecule has 0 atom stereocenters. The van der Waals surface area contributed by atoms with E-state index >= 15 is 0 Å². The molecule has 0 saturated carbocycles. The standard InChI is InChI=1S/C12H11N3O/c1-9-5-11(8-14-6-9)15-12(16)10-3-2-4-13-7-10/h2-8H,1H3,(H,15,16). The summed E-state index contributed by atoms with van der Waals surface area (Å²) >= 11 is 0. The number of hydrogen-bond acceptors (Lipinski definition) is 3. The van der Waals surface area contributed by atoms with Crippen LogP contribution in [0.3, 0.4) is 0 Å². The Hall–Kier alpha value is -2.23. The lowest BCUT2D eigenvalue weighted by Gasteiger charge is -2.04. The minimum Gasteiger partial charge on any atom is -0.321 e. The maximum atomic E-state index is 11.7. The first kappa shape index (κ1) is 10.3. The van der Waals surface area contributed by atoms with Gasteiger partial charge in [-0.05, 0) is 30.7 Å². The average molecular weight is 213 g/mol. The van der Waals surface area contributed by atoms with Gasteiger partial charge < -0.3 is 5.32 Å². The zero-order valence-electron chi connectivity index (χ0n) is 8.84. The highest BCUT2D eigenvalue weighted by Gasteiger charge is 2.05. The monoisotopic (exact) mass is 213 g/mol. The predicted molar refractivity (Wildman–Crippen MR) is 61.2 cm³/mol. The lowest BCUT2D eigenvalue weighted by molar-refractivity contribution is 0.102. The molecule has 0 spiro atoms. The Morgan fingerprint density at radius 3 is 2.81 bits per heavy atom. The fraction of sp³-hybridized carbons (Fsp3) is 0.0833. The number of rotatable bonds is 2. The second kappa shape index (κ2) is 4.53. The van der Waals surface area contributed by atoms with Crippen molar-refractivity contribution in [1.29, 1.82) is 0 Å². The van der Waals surface area contributed by atoms with Gasteiger partial charge in [0.15, 0.2) is 0 Å². The van der Waals surface area contributed by atoms with Crippen LogP contribution < -0.4 is 5.32 Å². The number of amides is 1. The summed E-state index contributed by atoms with van der Waals surface area (Å²) in [4.78, 5) is 19.6. The van der Waals surface area contributed by atoms with Crippen LogP contribution in [-0.4, -0.2) is 15.9 Å². The van der Waals surface area contributed by atoms with Crippen LogP contribution >= 0.6 is 0 Å².